The molecule has 3 aromatic carbocycles. The number of amides is 1. The Hall–Kier alpha value is -3.25. The smallest absolute Gasteiger partial charge is 0.287 e. The Morgan fingerprint density at radius 1 is 0.833 bits per heavy atom. The summed E-state index contributed by atoms with van der Waals surface area (Å²) in [5.41, 5.74) is 2.51. The van der Waals surface area contributed by atoms with Crippen molar-refractivity contribution in [2.75, 3.05) is 36.4 Å². The zero-order valence-corrected chi connectivity index (χ0v) is 16.5. The van der Waals surface area contributed by atoms with E-state index in [2.05, 4.69) is 10.2 Å². The fourth-order valence-electron chi connectivity index (χ4n) is 3.96. The number of piperazine rings is 1. The third kappa shape index (κ3) is 4.66. The highest BCUT2D eigenvalue weighted by Gasteiger charge is 2.34. The summed E-state index contributed by atoms with van der Waals surface area (Å²) in [6.45, 7) is 3.09. The number of nitrogens with one attached hydrogen (secondary N) is 2. The Morgan fingerprint density at radius 2 is 1.40 bits per heavy atom. The summed E-state index contributed by atoms with van der Waals surface area (Å²) >= 11 is 0. The summed E-state index contributed by atoms with van der Waals surface area (Å²) in [5.74, 6) is -0.696. The van der Waals surface area contributed by atoms with Crippen molar-refractivity contribution >= 4 is 17.3 Å². The first kappa shape index (κ1) is 20.0. The molecule has 0 spiro atoms. The molecule has 3 aromatic rings. The molecule has 1 fully saturated rings. The van der Waals surface area contributed by atoms with Gasteiger partial charge in [0, 0.05) is 16.9 Å². The van der Waals surface area contributed by atoms with Gasteiger partial charge in [-0.05, 0) is 48.5 Å². The molecule has 1 atom stereocenters. The number of rotatable bonds is 5. The Kier molecular flexibility index (Phi) is 6.05. The van der Waals surface area contributed by atoms with E-state index in [1.807, 2.05) is 30.3 Å². The first-order valence-corrected chi connectivity index (χ1v) is 10.1. The highest BCUT2D eigenvalue weighted by Crippen LogP contribution is 2.17. The van der Waals surface area contributed by atoms with E-state index < -0.39 is 0 Å². The number of quaternary nitrogens is 1. The number of carbonyl (C=O) groups is 1. The maximum atomic E-state index is 13.2. The maximum Gasteiger partial charge on any atom is 0.287 e. The van der Waals surface area contributed by atoms with Gasteiger partial charge in [0.05, 0.1) is 26.2 Å². The van der Waals surface area contributed by atoms with Crippen LogP contribution in [0.4, 0.5) is 20.2 Å². The predicted molar refractivity (Wildman–Crippen MR) is 114 cm³/mol. The third-order valence-electron chi connectivity index (χ3n) is 5.51. The molecule has 4 nitrogen and oxygen atoms in total. The third-order valence-corrected chi connectivity index (χ3v) is 5.51. The first-order valence-electron chi connectivity index (χ1n) is 10.1. The molecule has 6 heteroatoms. The number of nitrogens with zero attached hydrogens (tertiary/aromatic N) is 1. The summed E-state index contributed by atoms with van der Waals surface area (Å²) in [5, 5.41) is 2.93. The van der Waals surface area contributed by atoms with Crippen molar-refractivity contribution in [3.63, 3.8) is 0 Å². The number of benzene rings is 3. The van der Waals surface area contributed by atoms with Crippen LogP contribution in [0.5, 0.6) is 0 Å². The van der Waals surface area contributed by atoms with Crippen molar-refractivity contribution in [1.82, 2.24) is 0 Å². The molecule has 0 aromatic heterocycles. The largest absolute Gasteiger partial charge is 0.360 e. The van der Waals surface area contributed by atoms with Gasteiger partial charge in [-0.2, -0.15) is 0 Å². The molecule has 4 rings (SSSR count). The summed E-state index contributed by atoms with van der Waals surface area (Å²) in [6, 6.07) is 21.7. The van der Waals surface area contributed by atoms with E-state index in [1.54, 1.807) is 24.3 Å². The van der Waals surface area contributed by atoms with Crippen LogP contribution in [0, 0.1) is 11.6 Å². The minimum atomic E-state index is -0.369. The highest BCUT2D eigenvalue weighted by molar-refractivity contribution is 5.94. The molecule has 0 radical (unpaired) electrons. The second-order valence-electron chi connectivity index (χ2n) is 7.46. The first-order chi connectivity index (χ1) is 14.6. The molecular formula is C24H24F2N3O+. The van der Waals surface area contributed by atoms with Crippen molar-refractivity contribution in [1.29, 1.82) is 0 Å². The quantitative estimate of drug-likeness (QED) is 0.681. The Labute approximate surface area is 174 Å². The Bertz CT molecular complexity index is 970. The van der Waals surface area contributed by atoms with Crippen molar-refractivity contribution in [3.05, 3.63) is 96.1 Å². The maximum absolute atomic E-state index is 13.2. The molecule has 30 heavy (non-hydrogen) atoms. The minimum absolute atomic E-state index is 0.113. The molecule has 1 saturated heterocycles. The fourth-order valence-corrected chi connectivity index (χ4v) is 3.96. The molecular weight excluding hydrogens is 384 g/mol. The van der Waals surface area contributed by atoms with Crippen LogP contribution in [-0.4, -0.2) is 32.1 Å². The SMILES string of the molecule is O=C(Nc1ccc(F)cc1)[C@@H](c1ccccc1)[NH+]1CCN(c2ccc(F)cc2)CC1. The van der Waals surface area contributed by atoms with Gasteiger partial charge in [-0.3, -0.25) is 4.79 Å². The van der Waals surface area contributed by atoms with Gasteiger partial charge in [-0.25, -0.2) is 8.78 Å². The predicted octanol–water partition coefficient (Wildman–Crippen LogP) is 3.05. The molecule has 154 valence electrons. The monoisotopic (exact) mass is 408 g/mol. The summed E-state index contributed by atoms with van der Waals surface area (Å²) in [6.07, 6.45) is 0. The normalized spacial score (nSPS) is 15.6. The van der Waals surface area contributed by atoms with Gasteiger partial charge in [0.2, 0.25) is 0 Å². The Balaban J connectivity index is 1.50. The average molecular weight is 408 g/mol. The van der Waals surface area contributed by atoms with Crippen molar-refractivity contribution in [2.45, 2.75) is 6.04 Å². The van der Waals surface area contributed by atoms with E-state index in [9.17, 15) is 13.6 Å². The van der Waals surface area contributed by atoms with Gasteiger partial charge in [0.1, 0.15) is 11.6 Å². The molecule has 0 unspecified atom stereocenters. The highest BCUT2D eigenvalue weighted by atomic mass is 19.1. The van der Waals surface area contributed by atoms with Crippen LogP contribution in [0.1, 0.15) is 11.6 Å². The summed E-state index contributed by atoms with van der Waals surface area (Å²) in [7, 11) is 0. The Morgan fingerprint density at radius 3 is 2.00 bits per heavy atom. The lowest BCUT2D eigenvalue weighted by Crippen LogP contribution is -3.16. The van der Waals surface area contributed by atoms with Gasteiger partial charge >= 0.3 is 0 Å². The number of carbonyl (C=O) groups excluding carboxylic acids is 1. The topological polar surface area (TPSA) is 36.8 Å². The summed E-state index contributed by atoms with van der Waals surface area (Å²) < 4.78 is 26.4. The molecule has 1 aliphatic heterocycles. The molecule has 1 aliphatic rings. The van der Waals surface area contributed by atoms with Crippen LogP contribution in [0.15, 0.2) is 78.9 Å². The average Bonchev–Trinajstić information content (AvgIpc) is 2.77. The number of anilines is 2. The van der Waals surface area contributed by atoms with Crippen molar-refractivity contribution in [2.24, 2.45) is 0 Å². The van der Waals surface area contributed by atoms with E-state index >= 15 is 0 Å². The number of halogens is 2. The lowest BCUT2D eigenvalue weighted by Gasteiger charge is -2.37. The molecule has 2 N–H and O–H groups in total. The lowest BCUT2D eigenvalue weighted by molar-refractivity contribution is -0.922. The van der Waals surface area contributed by atoms with Gasteiger partial charge in [0.15, 0.2) is 6.04 Å². The van der Waals surface area contributed by atoms with E-state index in [-0.39, 0.29) is 23.6 Å². The van der Waals surface area contributed by atoms with Crippen LogP contribution in [-0.2, 0) is 4.79 Å². The van der Waals surface area contributed by atoms with E-state index in [1.165, 1.54) is 29.2 Å². The fraction of sp³-hybridized carbons (Fsp3) is 0.208. The second kappa shape index (κ2) is 9.05. The van der Waals surface area contributed by atoms with Gasteiger partial charge < -0.3 is 15.1 Å². The van der Waals surface area contributed by atoms with Crippen LogP contribution in [0.3, 0.4) is 0 Å². The molecule has 0 saturated carbocycles. The van der Waals surface area contributed by atoms with Crippen LogP contribution in [0.25, 0.3) is 0 Å². The molecule has 1 amide bonds. The van der Waals surface area contributed by atoms with Crippen LogP contribution in [0.2, 0.25) is 0 Å². The summed E-state index contributed by atoms with van der Waals surface area (Å²) in [4.78, 5) is 16.6. The van der Waals surface area contributed by atoms with Crippen LogP contribution >= 0.6 is 0 Å². The van der Waals surface area contributed by atoms with Gasteiger partial charge in [-0.1, -0.05) is 30.3 Å². The van der Waals surface area contributed by atoms with Crippen LogP contribution < -0.4 is 15.1 Å². The van der Waals surface area contributed by atoms with E-state index in [4.69, 9.17) is 0 Å². The standard InChI is InChI=1S/C24H23F2N3O/c25-19-6-10-21(11-7-19)27-24(30)23(18-4-2-1-3-5-18)29-16-14-28(15-17-29)22-12-8-20(26)9-13-22/h1-13,23H,14-17H2,(H,27,30)/p+1/t23-/m1/s1. The second-order valence-corrected chi connectivity index (χ2v) is 7.46. The number of hydrogen-bond acceptors (Lipinski definition) is 2. The van der Waals surface area contributed by atoms with Crippen molar-refractivity contribution in [3.8, 4) is 0 Å². The zero-order chi connectivity index (χ0) is 20.9. The van der Waals surface area contributed by atoms with Crippen molar-refractivity contribution < 1.29 is 18.5 Å². The van der Waals surface area contributed by atoms with E-state index in [0.717, 1.165) is 37.4 Å². The molecule has 1 heterocycles. The van der Waals surface area contributed by atoms with E-state index in [0.29, 0.717) is 5.69 Å². The molecule has 0 bridgehead atoms. The lowest BCUT2D eigenvalue weighted by atomic mass is 10.0. The van der Waals surface area contributed by atoms with Gasteiger partial charge in [0.25, 0.3) is 5.91 Å². The minimum Gasteiger partial charge on any atom is -0.360 e. The molecule has 0 aliphatic carbocycles. The number of hydrogen-bond donors (Lipinski definition) is 2. The van der Waals surface area contributed by atoms with Gasteiger partial charge in [-0.15, -0.1) is 0 Å². The zero-order valence-electron chi connectivity index (χ0n) is 16.5.